The molecule has 0 aliphatic heterocycles. The molecule has 0 unspecified atom stereocenters. The van der Waals surface area contributed by atoms with Crippen LogP contribution in [0.5, 0.6) is 0 Å². The van der Waals surface area contributed by atoms with Gasteiger partial charge in [-0.15, -0.1) is 0 Å². The van der Waals surface area contributed by atoms with Crippen LogP contribution in [0.25, 0.3) is 0 Å². The lowest BCUT2D eigenvalue weighted by Crippen LogP contribution is -2.15. The lowest BCUT2D eigenvalue weighted by molar-refractivity contribution is 0.432. The van der Waals surface area contributed by atoms with E-state index in [2.05, 4.69) is 0 Å². The summed E-state index contributed by atoms with van der Waals surface area (Å²) in [6, 6.07) is 4.94. The van der Waals surface area contributed by atoms with Crippen LogP contribution in [0.1, 0.15) is 0 Å². The number of hydrogen-bond acceptors (Lipinski definition) is 2. The molecule has 112 valence electrons. The standard InChI is InChI=1S/C12H6Cl2F3NO2S/c13-6-3-7(14)5-8(4-6)18-21(19,20)10-2-1-9(15)11(16)12(10)17/h1-5,18H. The normalized spacial score (nSPS) is 11.5. The number of halogens is 5. The van der Waals surface area contributed by atoms with Gasteiger partial charge in [-0.2, -0.15) is 0 Å². The van der Waals surface area contributed by atoms with E-state index < -0.39 is 32.4 Å². The first kappa shape index (κ1) is 15.9. The van der Waals surface area contributed by atoms with E-state index >= 15 is 0 Å². The summed E-state index contributed by atoms with van der Waals surface area (Å²) >= 11 is 11.4. The minimum Gasteiger partial charge on any atom is -0.279 e. The van der Waals surface area contributed by atoms with E-state index in [0.29, 0.717) is 12.1 Å². The summed E-state index contributed by atoms with van der Waals surface area (Å²) < 4.78 is 65.4. The first-order valence-corrected chi connectivity index (χ1v) is 7.57. The van der Waals surface area contributed by atoms with Gasteiger partial charge in [0.15, 0.2) is 17.5 Å². The maximum atomic E-state index is 13.5. The topological polar surface area (TPSA) is 46.2 Å². The van der Waals surface area contributed by atoms with Gasteiger partial charge < -0.3 is 0 Å². The molecule has 2 rings (SSSR count). The van der Waals surface area contributed by atoms with E-state index in [1.807, 2.05) is 4.72 Å². The Morgan fingerprint density at radius 1 is 0.905 bits per heavy atom. The van der Waals surface area contributed by atoms with Crippen molar-refractivity contribution in [2.75, 3.05) is 4.72 Å². The fraction of sp³-hybridized carbons (Fsp3) is 0. The van der Waals surface area contributed by atoms with Crippen LogP contribution in [0.3, 0.4) is 0 Å². The van der Waals surface area contributed by atoms with E-state index in [4.69, 9.17) is 23.2 Å². The van der Waals surface area contributed by atoms with Crippen LogP contribution in [0.4, 0.5) is 18.9 Å². The van der Waals surface area contributed by atoms with Crippen LogP contribution in [-0.2, 0) is 10.0 Å². The van der Waals surface area contributed by atoms with Gasteiger partial charge >= 0.3 is 0 Å². The number of hydrogen-bond donors (Lipinski definition) is 1. The average molecular weight is 356 g/mol. The third kappa shape index (κ3) is 3.42. The monoisotopic (exact) mass is 355 g/mol. The Morgan fingerprint density at radius 2 is 1.48 bits per heavy atom. The molecular formula is C12H6Cl2F3NO2S. The molecule has 21 heavy (non-hydrogen) atoms. The molecule has 0 aromatic heterocycles. The number of anilines is 1. The van der Waals surface area contributed by atoms with Gasteiger partial charge in [0.25, 0.3) is 10.0 Å². The highest BCUT2D eigenvalue weighted by atomic mass is 35.5. The third-order valence-corrected chi connectivity index (χ3v) is 4.24. The first-order valence-electron chi connectivity index (χ1n) is 5.33. The van der Waals surface area contributed by atoms with Crippen LogP contribution in [0, 0.1) is 17.5 Å². The summed E-state index contributed by atoms with van der Waals surface area (Å²) in [5.41, 5.74) is -0.0448. The van der Waals surface area contributed by atoms with Crippen LogP contribution in [-0.4, -0.2) is 8.42 Å². The molecule has 0 fully saturated rings. The second kappa shape index (κ2) is 5.75. The number of benzene rings is 2. The summed E-state index contributed by atoms with van der Waals surface area (Å²) in [6.45, 7) is 0. The summed E-state index contributed by atoms with van der Waals surface area (Å²) in [6.07, 6.45) is 0. The molecule has 0 aliphatic rings. The van der Waals surface area contributed by atoms with Crippen molar-refractivity contribution in [3.05, 3.63) is 57.8 Å². The first-order chi connectivity index (χ1) is 9.70. The van der Waals surface area contributed by atoms with Crippen LogP contribution >= 0.6 is 23.2 Å². The van der Waals surface area contributed by atoms with Crippen molar-refractivity contribution >= 4 is 38.9 Å². The lowest BCUT2D eigenvalue weighted by Gasteiger charge is -2.10. The maximum Gasteiger partial charge on any atom is 0.264 e. The molecule has 9 heteroatoms. The molecule has 2 aromatic carbocycles. The molecule has 0 saturated carbocycles. The second-order valence-corrected chi connectivity index (χ2v) is 6.46. The smallest absolute Gasteiger partial charge is 0.264 e. The summed E-state index contributed by atoms with van der Waals surface area (Å²) in [7, 11) is -4.47. The van der Waals surface area contributed by atoms with Crippen LogP contribution in [0.2, 0.25) is 10.0 Å². The van der Waals surface area contributed by atoms with Crippen molar-refractivity contribution < 1.29 is 21.6 Å². The number of nitrogens with one attached hydrogen (secondary N) is 1. The molecule has 3 nitrogen and oxygen atoms in total. The molecule has 2 aromatic rings. The Morgan fingerprint density at radius 3 is 2.05 bits per heavy atom. The van der Waals surface area contributed by atoms with E-state index in [9.17, 15) is 21.6 Å². The van der Waals surface area contributed by atoms with Crippen molar-refractivity contribution in [2.45, 2.75) is 4.90 Å². The molecule has 0 amide bonds. The van der Waals surface area contributed by atoms with Gasteiger partial charge in [-0.25, -0.2) is 21.6 Å². The average Bonchev–Trinajstić information content (AvgIpc) is 2.33. The van der Waals surface area contributed by atoms with Crippen molar-refractivity contribution in [1.82, 2.24) is 0 Å². The fourth-order valence-corrected chi connectivity index (χ4v) is 3.18. The number of rotatable bonds is 3. The number of sulfonamides is 1. The zero-order valence-corrected chi connectivity index (χ0v) is 12.3. The minimum absolute atomic E-state index is 0.0448. The van der Waals surface area contributed by atoms with E-state index in [1.165, 1.54) is 18.2 Å². The van der Waals surface area contributed by atoms with Crippen molar-refractivity contribution in [1.29, 1.82) is 0 Å². The quantitative estimate of drug-likeness (QED) is 0.838. The Labute approximate surface area is 128 Å². The zero-order chi connectivity index (χ0) is 15.8. The molecule has 0 spiro atoms. The predicted octanol–water partition coefficient (Wildman–Crippen LogP) is 4.21. The molecular weight excluding hydrogens is 350 g/mol. The van der Waals surface area contributed by atoms with Crippen LogP contribution in [0.15, 0.2) is 35.2 Å². The molecule has 0 heterocycles. The molecule has 0 radical (unpaired) electrons. The predicted molar refractivity (Wildman–Crippen MR) is 73.6 cm³/mol. The van der Waals surface area contributed by atoms with Gasteiger partial charge in [0.05, 0.1) is 5.69 Å². The molecule has 0 saturated heterocycles. The van der Waals surface area contributed by atoms with Gasteiger partial charge in [0.2, 0.25) is 0 Å². The summed E-state index contributed by atoms with van der Waals surface area (Å²) in [5, 5.41) is 0.289. The van der Waals surface area contributed by atoms with Crippen molar-refractivity contribution in [3.63, 3.8) is 0 Å². The third-order valence-electron chi connectivity index (χ3n) is 2.40. The highest BCUT2D eigenvalue weighted by molar-refractivity contribution is 7.92. The SMILES string of the molecule is O=S(=O)(Nc1cc(Cl)cc(Cl)c1)c1ccc(F)c(F)c1F. The Bertz CT molecular complexity index is 792. The largest absolute Gasteiger partial charge is 0.279 e. The second-order valence-electron chi connectivity index (χ2n) is 3.94. The molecule has 0 atom stereocenters. The zero-order valence-electron chi connectivity index (χ0n) is 10.0. The van der Waals surface area contributed by atoms with Gasteiger partial charge in [-0.3, -0.25) is 4.72 Å². The summed E-state index contributed by atoms with van der Waals surface area (Å²) in [4.78, 5) is -1.03. The van der Waals surface area contributed by atoms with Gasteiger partial charge in [-0.1, -0.05) is 23.2 Å². The fourth-order valence-electron chi connectivity index (χ4n) is 1.54. The van der Waals surface area contributed by atoms with Crippen LogP contribution < -0.4 is 4.72 Å². The highest BCUT2D eigenvalue weighted by Crippen LogP contribution is 2.26. The Balaban J connectivity index is 2.46. The molecule has 0 aliphatic carbocycles. The van der Waals surface area contributed by atoms with E-state index in [0.717, 1.165) is 0 Å². The Kier molecular flexibility index (Phi) is 4.36. The molecule has 1 N–H and O–H groups in total. The van der Waals surface area contributed by atoms with E-state index in [1.54, 1.807) is 0 Å². The van der Waals surface area contributed by atoms with E-state index in [-0.39, 0.29) is 15.7 Å². The molecule has 0 bridgehead atoms. The van der Waals surface area contributed by atoms with Gasteiger partial charge in [0.1, 0.15) is 4.90 Å². The maximum absolute atomic E-state index is 13.5. The van der Waals surface area contributed by atoms with Gasteiger partial charge in [0, 0.05) is 10.0 Å². The minimum atomic E-state index is -4.47. The highest BCUT2D eigenvalue weighted by Gasteiger charge is 2.24. The lowest BCUT2D eigenvalue weighted by atomic mass is 10.3. The van der Waals surface area contributed by atoms with Crippen molar-refractivity contribution in [3.8, 4) is 0 Å². The summed E-state index contributed by atoms with van der Waals surface area (Å²) in [5.74, 6) is -5.17. The Hall–Kier alpha value is -1.44. The van der Waals surface area contributed by atoms with Crippen molar-refractivity contribution in [2.24, 2.45) is 0 Å². The van der Waals surface area contributed by atoms with Gasteiger partial charge in [-0.05, 0) is 30.3 Å².